The van der Waals surface area contributed by atoms with E-state index in [0.717, 1.165) is 5.56 Å². The van der Waals surface area contributed by atoms with Crippen LogP contribution >= 0.6 is 15.9 Å². The van der Waals surface area contributed by atoms with Gasteiger partial charge in [0, 0.05) is 4.47 Å². The van der Waals surface area contributed by atoms with Gasteiger partial charge in [-0.3, -0.25) is 4.72 Å². The monoisotopic (exact) mass is 369 g/mol. The Kier molecular flexibility index (Phi) is 4.34. The maximum atomic E-state index is 12.4. The van der Waals surface area contributed by atoms with Gasteiger partial charge in [0.2, 0.25) is 0 Å². The Hall–Kier alpha value is -1.86. The summed E-state index contributed by atoms with van der Waals surface area (Å²) in [5.41, 5.74) is 0.827. The van der Waals surface area contributed by atoms with E-state index in [0.29, 0.717) is 4.47 Å². The van der Waals surface area contributed by atoms with E-state index >= 15 is 0 Å². The Morgan fingerprint density at radius 2 is 1.86 bits per heavy atom. The fourth-order valence-electron chi connectivity index (χ4n) is 1.78. The lowest BCUT2D eigenvalue weighted by Crippen LogP contribution is -2.16. The number of anilines is 1. The minimum absolute atomic E-state index is 0.0254. The summed E-state index contributed by atoms with van der Waals surface area (Å²) in [6, 6.07) is 10.6. The third-order valence-corrected chi connectivity index (χ3v) is 5.12. The van der Waals surface area contributed by atoms with Crippen LogP contribution in [0.15, 0.2) is 51.8 Å². The van der Waals surface area contributed by atoms with Crippen molar-refractivity contribution < 1.29 is 18.3 Å². The third kappa shape index (κ3) is 3.43. The second-order valence-corrected chi connectivity index (χ2v) is 6.90. The zero-order valence-electron chi connectivity index (χ0n) is 11.0. The highest BCUT2D eigenvalue weighted by Crippen LogP contribution is 2.26. The standard InChI is InChI=1S/C14H12BrNO4S/c1-9-6-7-13(11(15)8-9)21(19,20)16-12-5-3-2-4-10(12)14(17)18/h2-8,16H,1H3,(H,17,18). The van der Waals surface area contributed by atoms with Crippen molar-refractivity contribution in [3.8, 4) is 0 Å². The molecule has 2 aromatic carbocycles. The molecule has 0 amide bonds. The van der Waals surface area contributed by atoms with Crippen molar-refractivity contribution in [2.24, 2.45) is 0 Å². The lowest BCUT2D eigenvalue weighted by molar-refractivity contribution is 0.0698. The number of carboxylic acids is 1. The van der Waals surface area contributed by atoms with Gasteiger partial charge in [-0.1, -0.05) is 18.2 Å². The van der Waals surface area contributed by atoms with Gasteiger partial charge >= 0.3 is 5.97 Å². The summed E-state index contributed by atoms with van der Waals surface area (Å²) >= 11 is 3.21. The Bertz CT molecular complexity index is 802. The molecule has 2 rings (SSSR count). The second-order valence-electron chi connectivity index (χ2n) is 4.39. The maximum absolute atomic E-state index is 12.4. The van der Waals surface area contributed by atoms with Gasteiger partial charge < -0.3 is 5.11 Å². The number of para-hydroxylation sites is 1. The summed E-state index contributed by atoms with van der Waals surface area (Å²) in [6.07, 6.45) is 0. The molecule has 2 N–H and O–H groups in total. The zero-order chi connectivity index (χ0) is 15.6. The number of benzene rings is 2. The van der Waals surface area contributed by atoms with E-state index in [2.05, 4.69) is 20.7 Å². The summed E-state index contributed by atoms with van der Waals surface area (Å²) in [7, 11) is -3.88. The second kappa shape index (κ2) is 5.87. The molecule has 7 heteroatoms. The number of aromatic carboxylic acids is 1. The summed E-state index contributed by atoms with van der Waals surface area (Å²) in [4.78, 5) is 11.2. The van der Waals surface area contributed by atoms with E-state index in [1.807, 2.05) is 6.92 Å². The van der Waals surface area contributed by atoms with Crippen LogP contribution < -0.4 is 4.72 Å². The van der Waals surface area contributed by atoms with Crippen LogP contribution in [0.25, 0.3) is 0 Å². The highest BCUT2D eigenvalue weighted by molar-refractivity contribution is 9.10. The van der Waals surface area contributed by atoms with Crippen molar-refractivity contribution in [2.75, 3.05) is 4.72 Å². The summed E-state index contributed by atoms with van der Waals surface area (Å²) < 4.78 is 27.5. The van der Waals surface area contributed by atoms with Crippen molar-refractivity contribution in [1.29, 1.82) is 0 Å². The van der Waals surface area contributed by atoms with E-state index in [1.165, 1.54) is 24.3 Å². The highest BCUT2D eigenvalue weighted by Gasteiger charge is 2.20. The number of hydrogen-bond donors (Lipinski definition) is 2. The number of nitrogens with one attached hydrogen (secondary N) is 1. The molecule has 0 radical (unpaired) electrons. The minimum atomic E-state index is -3.88. The molecule has 0 atom stereocenters. The van der Waals surface area contributed by atoms with E-state index in [1.54, 1.807) is 18.2 Å². The minimum Gasteiger partial charge on any atom is -0.478 e. The molecule has 0 saturated heterocycles. The molecule has 0 bridgehead atoms. The van der Waals surface area contributed by atoms with Gasteiger partial charge in [-0.05, 0) is 52.7 Å². The fraction of sp³-hybridized carbons (Fsp3) is 0.0714. The first-order valence-corrected chi connectivity index (χ1v) is 8.20. The van der Waals surface area contributed by atoms with Crippen LogP contribution in [0.3, 0.4) is 0 Å². The van der Waals surface area contributed by atoms with Crippen molar-refractivity contribution in [3.05, 3.63) is 58.1 Å². The molecule has 5 nitrogen and oxygen atoms in total. The summed E-state index contributed by atoms with van der Waals surface area (Å²) in [5.74, 6) is -1.20. The van der Waals surface area contributed by atoms with Crippen molar-refractivity contribution in [1.82, 2.24) is 0 Å². The number of sulfonamides is 1. The lowest BCUT2D eigenvalue weighted by Gasteiger charge is -2.12. The molecule has 0 aliphatic rings. The molecule has 21 heavy (non-hydrogen) atoms. The average molecular weight is 370 g/mol. The van der Waals surface area contributed by atoms with Crippen molar-refractivity contribution in [2.45, 2.75) is 11.8 Å². The van der Waals surface area contributed by atoms with Gasteiger partial charge in [-0.2, -0.15) is 0 Å². The number of halogens is 1. The van der Waals surface area contributed by atoms with Crippen LogP contribution in [-0.2, 0) is 10.0 Å². The quantitative estimate of drug-likeness (QED) is 0.866. The molecule has 0 aliphatic heterocycles. The van der Waals surface area contributed by atoms with Gasteiger partial charge in [0.05, 0.1) is 11.3 Å². The predicted molar refractivity (Wildman–Crippen MR) is 83.1 cm³/mol. The molecule has 0 fully saturated rings. The number of hydrogen-bond acceptors (Lipinski definition) is 3. The zero-order valence-corrected chi connectivity index (χ0v) is 13.4. The molecule has 110 valence electrons. The van der Waals surface area contributed by atoms with Gasteiger partial charge in [-0.25, -0.2) is 13.2 Å². The first-order valence-electron chi connectivity index (χ1n) is 5.92. The van der Waals surface area contributed by atoms with Gasteiger partial charge in [0.25, 0.3) is 10.0 Å². The normalized spacial score (nSPS) is 11.1. The highest BCUT2D eigenvalue weighted by atomic mass is 79.9. The number of carbonyl (C=O) groups is 1. The Balaban J connectivity index is 2.45. The SMILES string of the molecule is Cc1ccc(S(=O)(=O)Nc2ccccc2C(=O)O)c(Br)c1. The van der Waals surface area contributed by atoms with Gasteiger partial charge in [0.15, 0.2) is 0 Å². The first kappa shape index (κ1) is 15.5. The van der Waals surface area contributed by atoms with Crippen molar-refractivity contribution >= 4 is 37.6 Å². The first-order chi connectivity index (χ1) is 9.81. The van der Waals surface area contributed by atoms with Crippen LogP contribution in [0, 0.1) is 6.92 Å². The molecule has 0 heterocycles. The smallest absolute Gasteiger partial charge is 0.337 e. The summed E-state index contributed by atoms with van der Waals surface area (Å²) in [6.45, 7) is 1.84. The van der Waals surface area contributed by atoms with E-state index < -0.39 is 16.0 Å². The number of aryl methyl sites for hydroxylation is 1. The Morgan fingerprint density at radius 1 is 1.19 bits per heavy atom. The molecule has 0 saturated carbocycles. The van der Waals surface area contributed by atoms with E-state index in [4.69, 9.17) is 5.11 Å². The van der Waals surface area contributed by atoms with Gasteiger partial charge in [0.1, 0.15) is 4.90 Å². The topological polar surface area (TPSA) is 83.5 Å². The maximum Gasteiger partial charge on any atom is 0.337 e. The van der Waals surface area contributed by atoms with Crippen LogP contribution in [0.4, 0.5) is 5.69 Å². The third-order valence-electron chi connectivity index (χ3n) is 2.78. The van der Waals surface area contributed by atoms with Crippen LogP contribution in [0.2, 0.25) is 0 Å². The molecule has 0 aliphatic carbocycles. The number of carboxylic acid groups (broad SMARTS) is 1. The van der Waals surface area contributed by atoms with Crippen LogP contribution in [-0.4, -0.2) is 19.5 Å². The molecular formula is C14H12BrNO4S. The summed E-state index contributed by atoms with van der Waals surface area (Å²) in [5, 5.41) is 9.08. The van der Waals surface area contributed by atoms with Crippen molar-refractivity contribution in [3.63, 3.8) is 0 Å². The predicted octanol–water partition coefficient (Wildman–Crippen LogP) is 3.26. The molecule has 0 unspecified atom stereocenters. The van der Waals surface area contributed by atoms with Crippen LogP contribution in [0.1, 0.15) is 15.9 Å². The molecule has 0 spiro atoms. The fourth-order valence-corrected chi connectivity index (χ4v) is 4.06. The van der Waals surface area contributed by atoms with Gasteiger partial charge in [-0.15, -0.1) is 0 Å². The number of rotatable bonds is 4. The Labute approximate surface area is 130 Å². The average Bonchev–Trinajstić information content (AvgIpc) is 2.37. The largest absolute Gasteiger partial charge is 0.478 e. The van der Waals surface area contributed by atoms with E-state index in [9.17, 15) is 13.2 Å². The molecular weight excluding hydrogens is 358 g/mol. The molecule has 2 aromatic rings. The molecule has 0 aromatic heterocycles. The Morgan fingerprint density at radius 3 is 2.48 bits per heavy atom. The van der Waals surface area contributed by atoms with Crippen LogP contribution in [0.5, 0.6) is 0 Å². The lowest BCUT2D eigenvalue weighted by atomic mass is 10.2. The van der Waals surface area contributed by atoms with E-state index in [-0.39, 0.29) is 16.1 Å².